The van der Waals surface area contributed by atoms with Gasteiger partial charge in [0.2, 0.25) is 5.91 Å². The summed E-state index contributed by atoms with van der Waals surface area (Å²) in [6.07, 6.45) is 0.872. The number of aliphatic hydroxyl groups excluding tert-OH is 1. The number of nitrogens with one attached hydrogen (secondary N) is 1. The van der Waals surface area contributed by atoms with Gasteiger partial charge < -0.3 is 20.9 Å². The number of carbonyl (C=O) groups excluding carboxylic acids is 1. The first-order chi connectivity index (χ1) is 9.93. The van der Waals surface area contributed by atoms with Gasteiger partial charge in [-0.2, -0.15) is 11.8 Å². The molecule has 118 valence electrons. The zero-order valence-electron chi connectivity index (χ0n) is 12.8. The minimum atomic E-state index is -0.331. The van der Waals surface area contributed by atoms with Crippen LogP contribution in [0.15, 0.2) is 18.2 Å². The Balaban J connectivity index is 2.34. The molecule has 0 heterocycles. The number of nitrogens with two attached hydrogens (primary N) is 1. The predicted molar refractivity (Wildman–Crippen MR) is 88.9 cm³/mol. The van der Waals surface area contributed by atoms with E-state index in [4.69, 9.17) is 10.5 Å². The van der Waals surface area contributed by atoms with Crippen LogP contribution in [0.2, 0.25) is 0 Å². The van der Waals surface area contributed by atoms with E-state index in [9.17, 15) is 9.90 Å². The molecule has 0 spiro atoms. The van der Waals surface area contributed by atoms with Crippen LogP contribution < -0.4 is 15.8 Å². The molecular weight excluding hydrogens is 288 g/mol. The second-order valence-corrected chi connectivity index (χ2v) is 6.41. The normalized spacial score (nSPS) is 13.5. The van der Waals surface area contributed by atoms with Crippen LogP contribution >= 0.6 is 11.8 Å². The van der Waals surface area contributed by atoms with E-state index in [1.807, 2.05) is 6.92 Å². The second kappa shape index (κ2) is 8.79. The maximum atomic E-state index is 11.8. The van der Waals surface area contributed by atoms with Crippen molar-refractivity contribution in [2.45, 2.75) is 38.0 Å². The number of hydrogen-bond donors (Lipinski definition) is 3. The summed E-state index contributed by atoms with van der Waals surface area (Å²) < 4.78 is 5.06. The van der Waals surface area contributed by atoms with Crippen molar-refractivity contribution in [2.24, 2.45) is 0 Å². The fourth-order valence-electron chi connectivity index (χ4n) is 1.64. The molecule has 0 aliphatic heterocycles. The molecule has 0 radical (unpaired) electrons. The molecule has 2 atom stereocenters. The highest BCUT2D eigenvalue weighted by atomic mass is 32.2. The van der Waals surface area contributed by atoms with E-state index in [-0.39, 0.29) is 17.3 Å². The summed E-state index contributed by atoms with van der Waals surface area (Å²) in [4.78, 5) is 11.8. The Hall–Kier alpha value is -1.40. The van der Waals surface area contributed by atoms with Crippen LogP contribution in [-0.4, -0.2) is 35.2 Å². The first-order valence-corrected chi connectivity index (χ1v) is 8.02. The minimum Gasteiger partial charge on any atom is -0.497 e. The average Bonchev–Trinajstić information content (AvgIpc) is 2.45. The van der Waals surface area contributed by atoms with Crippen molar-refractivity contribution in [2.75, 3.05) is 23.9 Å². The van der Waals surface area contributed by atoms with Gasteiger partial charge in [-0.3, -0.25) is 4.79 Å². The standard InChI is InChI=1S/C15H24N2O3S/c1-10(18)11(2)21-8-4-5-15(19)17-14-7-6-12(20-3)9-13(14)16/h6-7,9-11,18H,4-5,8,16H2,1-3H3,(H,17,19). The minimum absolute atomic E-state index is 0.0582. The van der Waals surface area contributed by atoms with Gasteiger partial charge in [0.25, 0.3) is 0 Å². The van der Waals surface area contributed by atoms with Crippen molar-refractivity contribution in [1.29, 1.82) is 0 Å². The molecule has 0 aromatic heterocycles. The zero-order chi connectivity index (χ0) is 15.8. The lowest BCUT2D eigenvalue weighted by Crippen LogP contribution is -2.16. The van der Waals surface area contributed by atoms with Gasteiger partial charge in [0.05, 0.1) is 24.6 Å². The van der Waals surface area contributed by atoms with Gasteiger partial charge in [0, 0.05) is 17.7 Å². The topological polar surface area (TPSA) is 84.6 Å². The largest absolute Gasteiger partial charge is 0.497 e. The van der Waals surface area contributed by atoms with Crippen molar-refractivity contribution in [3.05, 3.63) is 18.2 Å². The summed E-state index contributed by atoms with van der Waals surface area (Å²) in [5.74, 6) is 1.45. The van der Waals surface area contributed by atoms with Crippen LogP contribution in [0.1, 0.15) is 26.7 Å². The van der Waals surface area contributed by atoms with Crippen molar-refractivity contribution in [3.8, 4) is 5.75 Å². The van der Waals surface area contributed by atoms with Crippen LogP contribution in [0.3, 0.4) is 0 Å². The summed E-state index contributed by atoms with van der Waals surface area (Å²) in [5.41, 5.74) is 6.93. The molecule has 21 heavy (non-hydrogen) atoms. The molecule has 6 heteroatoms. The van der Waals surface area contributed by atoms with Gasteiger partial charge in [0.1, 0.15) is 5.75 Å². The Labute approximate surface area is 130 Å². The summed E-state index contributed by atoms with van der Waals surface area (Å²) in [5, 5.41) is 12.4. The number of amides is 1. The van der Waals surface area contributed by atoms with Crippen LogP contribution in [0.5, 0.6) is 5.75 Å². The molecule has 0 saturated carbocycles. The lowest BCUT2D eigenvalue weighted by Gasteiger charge is -2.13. The van der Waals surface area contributed by atoms with Crippen molar-refractivity contribution >= 4 is 29.0 Å². The van der Waals surface area contributed by atoms with E-state index in [1.165, 1.54) is 0 Å². The number of nitrogen functional groups attached to an aromatic ring is 1. The molecule has 5 nitrogen and oxygen atoms in total. The maximum absolute atomic E-state index is 11.8. The van der Waals surface area contributed by atoms with Crippen LogP contribution in [0.25, 0.3) is 0 Å². The molecule has 4 N–H and O–H groups in total. The molecule has 0 aliphatic carbocycles. The summed E-state index contributed by atoms with van der Waals surface area (Å²) >= 11 is 1.67. The molecule has 0 bridgehead atoms. The maximum Gasteiger partial charge on any atom is 0.224 e. The van der Waals surface area contributed by atoms with Gasteiger partial charge in [-0.05, 0) is 31.2 Å². The fourth-order valence-corrected chi connectivity index (χ4v) is 2.60. The van der Waals surface area contributed by atoms with E-state index in [1.54, 1.807) is 44.0 Å². The molecular formula is C15H24N2O3S. The van der Waals surface area contributed by atoms with E-state index >= 15 is 0 Å². The molecule has 0 fully saturated rings. The van der Waals surface area contributed by atoms with E-state index < -0.39 is 0 Å². The number of thioether (sulfide) groups is 1. The predicted octanol–water partition coefficient (Wildman–Crippen LogP) is 2.50. The summed E-state index contributed by atoms with van der Waals surface area (Å²) in [6, 6.07) is 5.16. The first-order valence-electron chi connectivity index (χ1n) is 6.97. The highest BCUT2D eigenvalue weighted by Gasteiger charge is 2.10. The van der Waals surface area contributed by atoms with E-state index in [0.29, 0.717) is 23.5 Å². The Kier molecular flexibility index (Phi) is 7.39. The van der Waals surface area contributed by atoms with Gasteiger partial charge >= 0.3 is 0 Å². The number of carbonyl (C=O) groups is 1. The van der Waals surface area contributed by atoms with E-state index in [2.05, 4.69) is 5.32 Å². The molecule has 0 saturated heterocycles. The third-order valence-corrected chi connectivity index (χ3v) is 4.59. The van der Waals surface area contributed by atoms with Crippen LogP contribution in [-0.2, 0) is 4.79 Å². The van der Waals surface area contributed by atoms with Gasteiger partial charge in [0.15, 0.2) is 0 Å². The molecule has 0 aliphatic rings. The number of methoxy groups -OCH3 is 1. The third kappa shape index (κ3) is 6.27. The number of benzene rings is 1. The highest BCUT2D eigenvalue weighted by molar-refractivity contribution is 7.99. The molecule has 2 unspecified atom stereocenters. The molecule has 1 rings (SSSR count). The first kappa shape index (κ1) is 17.7. The Morgan fingerprint density at radius 3 is 2.76 bits per heavy atom. The number of hydrogen-bond acceptors (Lipinski definition) is 5. The SMILES string of the molecule is COc1ccc(NC(=O)CCCSC(C)C(C)O)c(N)c1. The monoisotopic (exact) mass is 312 g/mol. The lowest BCUT2D eigenvalue weighted by molar-refractivity contribution is -0.116. The van der Waals surface area contributed by atoms with Crippen molar-refractivity contribution in [3.63, 3.8) is 0 Å². The van der Waals surface area contributed by atoms with Gasteiger partial charge in [-0.25, -0.2) is 0 Å². The van der Waals surface area contributed by atoms with Gasteiger partial charge in [-0.15, -0.1) is 0 Å². The van der Waals surface area contributed by atoms with Crippen LogP contribution in [0, 0.1) is 0 Å². The van der Waals surface area contributed by atoms with E-state index in [0.717, 1.165) is 12.2 Å². The molecule has 1 aromatic carbocycles. The zero-order valence-corrected chi connectivity index (χ0v) is 13.6. The smallest absolute Gasteiger partial charge is 0.224 e. The Morgan fingerprint density at radius 2 is 2.19 bits per heavy atom. The summed E-state index contributed by atoms with van der Waals surface area (Å²) in [6.45, 7) is 3.75. The Bertz CT molecular complexity index is 466. The van der Waals surface area contributed by atoms with Crippen LogP contribution in [0.4, 0.5) is 11.4 Å². The van der Waals surface area contributed by atoms with Crippen molar-refractivity contribution in [1.82, 2.24) is 0 Å². The fraction of sp³-hybridized carbons (Fsp3) is 0.533. The lowest BCUT2D eigenvalue weighted by atomic mass is 10.2. The number of aliphatic hydroxyl groups is 1. The Morgan fingerprint density at radius 1 is 1.48 bits per heavy atom. The number of anilines is 2. The summed E-state index contributed by atoms with van der Waals surface area (Å²) in [7, 11) is 1.57. The third-order valence-electron chi connectivity index (χ3n) is 3.14. The molecule has 1 amide bonds. The average molecular weight is 312 g/mol. The number of rotatable bonds is 8. The number of ether oxygens (including phenoxy) is 1. The quantitative estimate of drug-likeness (QED) is 0.507. The molecule has 1 aromatic rings. The van der Waals surface area contributed by atoms with Crippen molar-refractivity contribution < 1.29 is 14.6 Å². The second-order valence-electron chi connectivity index (χ2n) is 4.92. The van der Waals surface area contributed by atoms with Gasteiger partial charge in [-0.1, -0.05) is 6.92 Å². The highest BCUT2D eigenvalue weighted by Crippen LogP contribution is 2.24.